The van der Waals surface area contributed by atoms with Crippen molar-refractivity contribution in [2.45, 2.75) is 37.6 Å². The van der Waals surface area contributed by atoms with E-state index in [0.29, 0.717) is 4.47 Å². The van der Waals surface area contributed by atoms with Gasteiger partial charge in [0.15, 0.2) is 5.78 Å². The summed E-state index contributed by atoms with van der Waals surface area (Å²) in [4.78, 5) is 14.8. The van der Waals surface area contributed by atoms with Crippen LogP contribution >= 0.6 is 15.9 Å². The van der Waals surface area contributed by atoms with Crippen LogP contribution in [-0.2, 0) is 0 Å². The second kappa shape index (κ2) is 5.71. The summed E-state index contributed by atoms with van der Waals surface area (Å²) in [7, 11) is 3.83. The molecule has 0 aromatic heterocycles. The topological polar surface area (TPSA) is 20.3 Å². The molecule has 1 aliphatic rings. The highest BCUT2D eigenvalue weighted by Crippen LogP contribution is 2.36. The Hall–Kier alpha value is -0.740. The van der Waals surface area contributed by atoms with E-state index >= 15 is 0 Å². The van der Waals surface area contributed by atoms with Gasteiger partial charge in [-0.2, -0.15) is 0 Å². The van der Waals surface area contributed by atoms with E-state index in [0.717, 1.165) is 32.1 Å². The van der Waals surface area contributed by atoms with Gasteiger partial charge in [-0.05, 0) is 55.0 Å². The summed E-state index contributed by atoms with van der Waals surface area (Å²) >= 11 is 3.15. The van der Waals surface area contributed by atoms with E-state index in [4.69, 9.17) is 0 Å². The van der Waals surface area contributed by atoms with Crippen LogP contribution < -0.4 is 0 Å². The number of hydrogen-bond acceptors (Lipinski definition) is 2. The molecule has 1 aromatic carbocycles. The molecule has 0 amide bonds. The highest BCUT2D eigenvalue weighted by atomic mass is 79.9. The molecule has 1 saturated carbocycles. The van der Waals surface area contributed by atoms with E-state index in [2.05, 4.69) is 15.9 Å². The van der Waals surface area contributed by atoms with Gasteiger partial charge in [-0.1, -0.05) is 25.3 Å². The SMILES string of the molecule is CN(C)C1(C(=O)c2cccc(Br)c2F)CCCCC1. The van der Waals surface area contributed by atoms with Crippen molar-refractivity contribution in [2.75, 3.05) is 14.1 Å². The van der Waals surface area contributed by atoms with Gasteiger partial charge in [0.2, 0.25) is 0 Å². The normalized spacial score (nSPS) is 18.6. The Morgan fingerprint density at radius 2 is 1.89 bits per heavy atom. The third-order valence-corrected chi connectivity index (χ3v) is 4.77. The van der Waals surface area contributed by atoms with Crippen LogP contribution in [0.3, 0.4) is 0 Å². The Kier molecular flexibility index (Phi) is 4.41. The number of likely N-dealkylation sites (N-methyl/N-ethyl adjacent to an activating group) is 1. The van der Waals surface area contributed by atoms with Gasteiger partial charge in [-0.15, -0.1) is 0 Å². The fraction of sp³-hybridized carbons (Fsp3) is 0.533. The van der Waals surface area contributed by atoms with Gasteiger partial charge in [0.1, 0.15) is 5.82 Å². The molecule has 0 saturated heterocycles. The lowest BCUT2D eigenvalue weighted by Crippen LogP contribution is -2.52. The minimum Gasteiger partial charge on any atom is -0.297 e. The second-order valence-electron chi connectivity index (χ2n) is 5.42. The minimum atomic E-state index is -0.542. The van der Waals surface area contributed by atoms with Gasteiger partial charge < -0.3 is 0 Å². The molecule has 0 spiro atoms. The van der Waals surface area contributed by atoms with E-state index in [-0.39, 0.29) is 11.3 Å². The Bertz CT molecular complexity index is 481. The molecule has 2 rings (SSSR count). The van der Waals surface area contributed by atoms with Crippen LogP contribution in [0.5, 0.6) is 0 Å². The number of carbonyl (C=O) groups is 1. The molecular formula is C15H19BrFNO. The molecule has 0 heterocycles. The van der Waals surface area contributed by atoms with E-state index in [1.54, 1.807) is 18.2 Å². The van der Waals surface area contributed by atoms with Crippen molar-refractivity contribution in [3.05, 3.63) is 34.1 Å². The first-order chi connectivity index (χ1) is 8.99. The average molecular weight is 328 g/mol. The Morgan fingerprint density at radius 1 is 1.26 bits per heavy atom. The molecule has 0 radical (unpaired) electrons. The standard InChI is InChI=1S/C15H19BrFNO/c1-18(2)15(9-4-3-5-10-15)14(19)11-7-6-8-12(16)13(11)17/h6-8H,3-5,9-10H2,1-2H3. The number of rotatable bonds is 3. The van der Waals surface area contributed by atoms with Crippen molar-refractivity contribution < 1.29 is 9.18 Å². The van der Waals surface area contributed by atoms with Crippen molar-refractivity contribution in [2.24, 2.45) is 0 Å². The van der Waals surface area contributed by atoms with Crippen molar-refractivity contribution in [3.8, 4) is 0 Å². The largest absolute Gasteiger partial charge is 0.297 e. The van der Waals surface area contributed by atoms with Crippen LogP contribution in [0.4, 0.5) is 4.39 Å². The molecule has 1 fully saturated rings. The molecule has 0 aliphatic heterocycles. The van der Waals surface area contributed by atoms with Crippen molar-refractivity contribution in [3.63, 3.8) is 0 Å². The van der Waals surface area contributed by atoms with Crippen LogP contribution in [0.1, 0.15) is 42.5 Å². The number of Topliss-reactive ketones (excluding diaryl/α,β-unsaturated/α-hetero) is 1. The van der Waals surface area contributed by atoms with Crippen LogP contribution in [0.2, 0.25) is 0 Å². The highest BCUT2D eigenvalue weighted by molar-refractivity contribution is 9.10. The molecule has 0 N–H and O–H groups in total. The number of ketones is 1. The number of halogens is 2. The number of carbonyl (C=O) groups excluding carboxylic acids is 1. The first-order valence-electron chi connectivity index (χ1n) is 6.65. The molecule has 0 bridgehead atoms. The van der Waals surface area contributed by atoms with Gasteiger partial charge >= 0.3 is 0 Å². The molecular weight excluding hydrogens is 309 g/mol. The Labute approximate surface area is 122 Å². The summed E-state index contributed by atoms with van der Waals surface area (Å²) in [6.45, 7) is 0. The maximum atomic E-state index is 14.2. The fourth-order valence-electron chi connectivity index (χ4n) is 2.94. The zero-order valence-electron chi connectivity index (χ0n) is 11.4. The van der Waals surface area contributed by atoms with Crippen LogP contribution in [-0.4, -0.2) is 30.3 Å². The van der Waals surface area contributed by atoms with E-state index in [9.17, 15) is 9.18 Å². The summed E-state index contributed by atoms with van der Waals surface area (Å²) in [6.07, 6.45) is 4.83. The van der Waals surface area contributed by atoms with Crippen molar-refractivity contribution >= 4 is 21.7 Å². The van der Waals surface area contributed by atoms with Crippen molar-refractivity contribution in [1.29, 1.82) is 0 Å². The first kappa shape index (κ1) is 14.7. The zero-order chi connectivity index (χ0) is 14.0. The maximum Gasteiger partial charge on any atom is 0.186 e. The average Bonchev–Trinajstić information content (AvgIpc) is 2.41. The molecule has 0 unspecified atom stereocenters. The quantitative estimate of drug-likeness (QED) is 0.781. The maximum absolute atomic E-state index is 14.2. The van der Waals surface area contributed by atoms with E-state index < -0.39 is 11.4 Å². The number of nitrogens with zero attached hydrogens (tertiary/aromatic N) is 1. The summed E-state index contributed by atoms with van der Waals surface area (Å²) in [5, 5.41) is 0. The van der Waals surface area contributed by atoms with Crippen LogP contribution in [0, 0.1) is 5.82 Å². The van der Waals surface area contributed by atoms with E-state index in [1.807, 2.05) is 19.0 Å². The first-order valence-corrected chi connectivity index (χ1v) is 7.44. The summed E-state index contributed by atoms with van der Waals surface area (Å²) < 4.78 is 14.5. The third kappa shape index (κ3) is 2.61. The van der Waals surface area contributed by atoms with Crippen molar-refractivity contribution in [1.82, 2.24) is 4.90 Å². The summed E-state index contributed by atoms with van der Waals surface area (Å²) in [5.74, 6) is -0.532. The Balaban J connectivity index is 2.42. The lowest BCUT2D eigenvalue weighted by molar-refractivity contribution is 0.0559. The zero-order valence-corrected chi connectivity index (χ0v) is 13.0. The number of hydrogen-bond donors (Lipinski definition) is 0. The van der Waals surface area contributed by atoms with Gasteiger partial charge in [-0.3, -0.25) is 9.69 Å². The van der Waals surface area contributed by atoms with Crippen LogP contribution in [0.25, 0.3) is 0 Å². The third-order valence-electron chi connectivity index (χ3n) is 4.16. The lowest BCUT2D eigenvalue weighted by atomic mass is 9.75. The highest BCUT2D eigenvalue weighted by Gasteiger charge is 2.42. The monoisotopic (exact) mass is 327 g/mol. The predicted octanol–water partition coefficient (Wildman–Crippen LogP) is 4.04. The van der Waals surface area contributed by atoms with Crippen LogP contribution in [0.15, 0.2) is 22.7 Å². The molecule has 4 heteroatoms. The minimum absolute atomic E-state index is 0.0870. The fourth-order valence-corrected chi connectivity index (χ4v) is 3.31. The molecule has 0 atom stereocenters. The van der Waals surface area contributed by atoms with Gasteiger partial charge in [0, 0.05) is 0 Å². The molecule has 19 heavy (non-hydrogen) atoms. The lowest BCUT2D eigenvalue weighted by Gasteiger charge is -2.41. The van der Waals surface area contributed by atoms with E-state index in [1.165, 1.54) is 0 Å². The second-order valence-corrected chi connectivity index (χ2v) is 6.27. The molecule has 2 nitrogen and oxygen atoms in total. The molecule has 1 aliphatic carbocycles. The Morgan fingerprint density at radius 3 is 2.47 bits per heavy atom. The smallest absolute Gasteiger partial charge is 0.186 e. The number of benzene rings is 1. The van der Waals surface area contributed by atoms with Gasteiger partial charge in [0.05, 0.1) is 15.6 Å². The predicted molar refractivity (Wildman–Crippen MR) is 77.9 cm³/mol. The molecule has 104 valence electrons. The summed E-state index contributed by atoms with van der Waals surface area (Å²) in [6, 6.07) is 4.92. The molecule has 1 aromatic rings. The van der Waals surface area contributed by atoms with Gasteiger partial charge in [-0.25, -0.2) is 4.39 Å². The van der Waals surface area contributed by atoms with Gasteiger partial charge in [0.25, 0.3) is 0 Å². The summed E-state index contributed by atoms with van der Waals surface area (Å²) in [5.41, 5.74) is -0.343.